The number of aryl methyl sites for hydroxylation is 1. The van der Waals surface area contributed by atoms with Crippen molar-refractivity contribution in [1.29, 1.82) is 0 Å². The molecule has 0 aromatic heterocycles. The van der Waals surface area contributed by atoms with Gasteiger partial charge in [0.05, 0.1) is 18.8 Å². The average Bonchev–Trinajstić information content (AvgIpc) is 2.68. The summed E-state index contributed by atoms with van der Waals surface area (Å²) in [6.07, 6.45) is 0. The Labute approximate surface area is 155 Å². The number of piperazine rings is 1. The van der Waals surface area contributed by atoms with Crippen molar-refractivity contribution in [2.45, 2.75) is 19.9 Å². The molecule has 5 heteroatoms. The van der Waals surface area contributed by atoms with Gasteiger partial charge < -0.3 is 15.0 Å². The van der Waals surface area contributed by atoms with Gasteiger partial charge in [0.1, 0.15) is 5.75 Å². The molecule has 0 bridgehead atoms. The van der Waals surface area contributed by atoms with Crippen LogP contribution in [0.15, 0.2) is 48.5 Å². The summed E-state index contributed by atoms with van der Waals surface area (Å²) >= 11 is 0. The van der Waals surface area contributed by atoms with Gasteiger partial charge in [0.25, 0.3) is 0 Å². The Morgan fingerprint density at radius 2 is 1.77 bits per heavy atom. The molecule has 0 saturated carbocycles. The molecule has 138 valence electrons. The molecular weight excluding hydrogens is 326 g/mol. The molecular formula is C21H27N3O2. The second kappa shape index (κ2) is 8.23. The lowest BCUT2D eigenvalue weighted by molar-refractivity contribution is -0.120. The van der Waals surface area contributed by atoms with Crippen molar-refractivity contribution in [3.8, 4) is 5.75 Å². The Morgan fingerprint density at radius 1 is 1.08 bits per heavy atom. The van der Waals surface area contributed by atoms with E-state index in [9.17, 15) is 4.79 Å². The molecule has 2 aromatic carbocycles. The van der Waals surface area contributed by atoms with Gasteiger partial charge in [0, 0.05) is 31.9 Å². The number of amides is 1. The highest BCUT2D eigenvalue weighted by molar-refractivity contribution is 5.96. The van der Waals surface area contributed by atoms with Crippen molar-refractivity contribution in [3.05, 3.63) is 54.1 Å². The lowest BCUT2D eigenvalue weighted by Crippen LogP contribution is -2.52. The zero-order valence-corrected chi connectivity index (χ0v) is 15.7. The summed E-state index contributed by atoms with van der Waals surface area (Å²) in [4.78, 5) is 17.3. The molecule has 0 unspecified atom stereocenters. The Bertz CT molecular complexity index is 740. The van der Waals surface area contributed by atoms with Gasteiger partial charge in [-0.15, -0.1) is 0 Å². The molecule has 2 aromatic rings. The molecule has 1 fully saturated rings. The number of nitrogens with zero attached hydrogens (tertiary/aromatic N) is 2. The molecule has 0 spiro atoms. The van der Waals surface area contributed by atoms with E-state index in [0.717, 1.165) is 37.4 Å². The number of hydrogen-bond donors (Lipinski definition) is 1. The van der Waals surface area contributed by atoms with E-state index in [-0.39, 0.29) is 11.9 Å². The molecule has 1 heterocycles. The standard InChI is InChI=1S/C21H27N3O2/c1-16-9-10-20(26-3)19(15-16)22-21(25)17(2)23-11-13-24(14-12-23)18-7-5-4-6-8-18/h4-10,15,17H,11-14H2,1-3H3,(H,22,25)/t17-/m0/s1. The van der Waals surface area contributed by atoms with Crippen LogP contribution in [0.25, 0.3) is 0 Å². The molecule has 1 saturated heterocycles. The monoisotopic (exact) mass is 353 g/mol. The normalized spacial score (nSPS) is 16.2. The van der Waals surface area contributed by atoms with E-state index >= 15 is 0 Å². The number of carbonyl (C=O) groups is 1. The summed E-state index contributed by atoms with van der Waals surface area (Å²) < 4.78 is 5.35. The molecule has 0 aliphatic carbocycles. The zero-order valence-electron chi connectivity index (χ0n) is 15.7. The Morgan fingerprint density at radius 3 is 2.42 bits per heavy atom. The van der Waals surface area contributed by atoms with Gasteiger partial charge in [0.2, 0.25) is 5.91 Å². The van der Waals surface area contributed by atoms with Crippen LogP contribution in [-0.2, 0) is 4.79 Å². The highest BCUT2D eigenvalue weighted by Crippen LogP contribution is 2.26. The highest BCUT2D eigenvalue weighted by Gasteiger charge is 2.26. The maximum Gasteiger partial charge on any atom is 0.241 e. The number of carbonyl (C=O) groups excluding carboxylic acids is 1. The van der Waals surface area contributed by atoms with Crippen LogP contribution < -0.4 is 15.0 Å². The molecule has 1 aliphatic heterocycles. The molecule has 26 heavy (non-hydrogen) atoms. The van der Waals surface area contributed by atoms with Gasteiger partial charge in [0.15, 0.2) is 0 Å². The second-order valence-electron chi connectivity index (χ2n) is 6.73. The lowest BCUT2D eigenvalue weighted by atomic mass is 10.1. The van der Waals surface area contributed by atoms with Gasteiger partial charge in [-0.25, -0.2) is 0 Å². The number of nitrogens with one attached hydrogen (secondary N) is 1. The summed E-state index contributed by atoms with van der Waals surface area (Å²) in [6.45, 7) is 7.56. The summed E-state index contributed by atoms with van der Waals surface area (Å²) in [7, 11) is 1.62. The fraction of sp³-hybridized carbons (Fsp3) is 0.381. The fourth-order valence-corrected chi connectivity index (χ4v) is 3.33. The minimum atomic E-state index is -0.182. The molecule has 0 radical (unpaired) electrons. The molecule has 5 nitrogen and oxygen atoms in total. The second-order valence-corrected chi connectivity index (χ2v) is 6.73. The molecule has 3 rings (SSSR count). The van der Waals surface area contributed by atoms with Gasteiger partial charge in [-0.05, 0) is 43.7 Å². The number of rotatable bonds is 5. The molecule has 1 aliphatic rings. The predicted molar refractivity (Wildman–Crippen MR) is 106 cm³/mol. The number of hydrogen-bond acceptors (Lipinski definition) is 4. The van der Waals surface area contributed by atoms with E-state index in [0.29, 0.717) is 5.75 Å². The van der Waals surface area contributed by atoms with Crippen molar-refractivity contribution < 1.29 is 9.53 Å². The van der Waals surface area contributed by atoms with Crippen LogP contribution in [0.1, 0.15) is 12.5 Å². The number of anilines is 2. The van der Waals surface area contributed by atoms with Crippen LogP contribution >= 0.6 is 0 Å². The molecule has 1 atom stereocenters. The van der Waals surface area contributed by atoms with E-state index in [1.54, 1.807) is 7.11 Å². The maximum absolute atomic E-state index is 12.7. The Balaban J connectivity index is 1.59. The Hall–Kier alpha value is -2.53. The Kier molecular flexibility index (Phi) is 5.78. The molecule has 1 amide bonds. The van der Waals surface area contributed by atoms with E-state index in [4.69, 9.17) is 4.74 Å². The first kappa shape index (κ1) is 18.3. The minimum absolute atomic E-state index is 0.00191. The van der Waals surface area contributed by atoms with Crippen LogP contribution in [0.2, 0.25) is 0 Å². The maximum atomic E-state index is 12.7. The third-order valence-electron chi connectivity index (χ3n) is 4.98. The lowest BCUT2D eigenvalue weighted by Gasteiger charge is -2.38. The smallest absolute Gasteiger partial charge is 0.241 e. The summed E-state index contributed by atoms with van der Waals surface area (Å²) in [5.74, 6) is 0.687. The van der Waals surface area contributed by atoms with Crippen LogP contribution in [0, 0.1) is 6.92 Å². The van der Waals surface area contributed by atoms with Crippen molar-refractivity contribution in [1.82, 2.24) is 4.90 Å². The fourth-order valence-electron chi connectivity index (χ4n) is 3.33. The first-order valence-corrected chi connectivity index (χ1v) is 9.08. The van der Waals surface area contributed by atoms with Crippen molar-refractivity contribution >= 4 is 17.3 Å². The third kappa shape index (κ3) is 4.17. The van der Waals surface area contributed by atoms with Gasteiger partial charge in [-0.1, -0.05) is 24.3 Å². The van der Waals surface area contributed by atoms with Crippen LogP contribution in [-0.4, -0.2) is 50.1 Å². The largest absolute Gasteiger partial charge is 0.495 e. The highest BCUT2D eigenvalue weighted by atomic mass is 16.5. The first-order valence-electron chi connectivity index (χ1n) is 9.08. The topological polar surface area (TPSA) is 44.8 Å². The van der Waals surface area contributed by atoms with Gasteiger partial charge in [-0.3, -0.25) is 9.69 Å². The third-order valence-corrected chi connectivity index (χ3v) is 4.98. The van der Waals surface area contributed by atoms with E-state index in [1.165, 1.54) is 5.69 Å². The SMILES string of the molecule is COc1ccc(C)cc1NC(=O)[C@H](C)N1CCN(c2ccccc2)CC1. The zero-order chi connectivity index (χ0) is 18.5. The van der Waals surface area contributed by atoms with E-state index in [2.05, 4.69) is 39.4 Å². The van der Waals surface area contributed by atoms with Crippen molar-refractivity contribution in [3.63, 3.8) is 0 Å². The van der Waals surface area contributed by atoms with Gasteiger partial charge in [-0.2, -0.15) is 0 Å². The summed E-state index contributed by atoms with van der Waals surface area (Å²) in [5.41, 5.74) is 3.06. The first-order chi connectivity index (χ1) is 12.6. The number of para-hydroxylation sites is 1. The number of ether oxygens (including phenoxy) is 1. The molecule has 1 N–H and O–H groups in total. The van der Waals surface area contributed by atoms with Crippen LogP contribution in [0.4, 0.5) is 11.4 Å². The van der Waals surface area contributed by atoms with Crippen LogP contribution in [0.5, 0.6) is 5.75 Å². The predicted octanol–water partition coefficient (Wildman–Crippen LogP) is 3.15. The number of methoxy groups -OCH3 is 1. The summed E-state index contributed by atoms with van der Waals surface area (Å²) in [5, 5.41) is 3.02. The number of benzene rings is 2. The van der Waals surface area contributed by atoms with E-state index < -0.39 is 0 Å². The van der Waals surface area contributed by atoms with E-state index in [1.807, 2.05) is 38.1 Å². The van der Waals surface area contributed by atoms with Gasteiger partial charge >= 0.3 is 0 Å². The average molecular weight is 353 g/mol. The minimum Gasteiger partial charge on any atom is -0.495 e. The van der Waals surface area contributed by atoms with Crippen molar-refractivity contribution in [2.24, 2.45) is 0 Å². The van der Waals surface area contributed by atoms with Crippen LogP contribution in [0.3, 0.4) is 0 Å². The quantitative estimate of drug-likeness (QED) is 0.897. The van der Waals surface area contributed by atoms with Crippen molar-refractivity contribution in [2.75, 3.05) is 43.5 Å². The summed E-state index contributed by atoms with van der Waals surface area (Å²) in [6, 6.07) is 16.0.